The lowest BCUT2D eigenvalue weighted by atomic mass is 9.95. The number of ketones is 1. The number of aliphatic hydroxyl groups is 1. The third-order valence-electron chi connectivity index (χ3n) is 5.24. The summed E-state index contributed by atoms with van der Waals surface area (Å²) < 4.78 is 20.4. The fraction of sp³-hybridized carbons (Fsp3) is 0.360. The van der Waals surface area contributed by atoms with E-state index in [0.29, 0.717) is 24.3 Å². The van der Waals surface area contributed by atoms with Crippen LogP contribution in [0.4, 0.5) is 4.39 Å². The van der Waals surface area contributed by atoms with E-state index < -0.39 is 23.5 Å². The van der Waals surface area contributed by atoms with Crippen LogP contribution in [0.25, 0.3) is 5.76 Å². The van der Waals surface area contributed by atoms with Crippen molar-refractivity contribution in [3.8, 4) is 5.75 Å². The van der Waals surface area contributed by atoms with E-state index in [9.17, 15) is 19.1 Å². The van der Waals surface area contributed by atoms with Crippen molar-refractivity contribution in [2.45, 2.75) is 32.4 Å². The molecule has 0 bridgehead atoms. The molecule has 6 nitrogen and oxygen atoms in total. The molecule has 0 radical (unpaired) electrons. The molecule has 1 aliphatic rings. The van der Waals surface area contributed by atoms with Crippen molar-refractivity contribution in [3.05, 3.63) is 71.0 Å². The Morgan fingerprint density at radius 2 is 1.78 bits per heavy atom. The molecule has 2 aromatic carbocycles. The number of Topliss-reactive ketones (excluding diaryl/α,β-unsaturated/α-hetero) is 1. The van der Waals surface area contributed by atoms with Gasteiger partial charge in [0, 0.05) is 17.7 Å². The number of hydrogen-bond acceptors (Lipinski definition) is 5. The SMILES string of the molecule is CC(C)Oc1ccc(/C(O)=C2/C(=O)C(=O)N(CCCN(C)C)C2c2ccccc2F)cc1. The molecule has 0 spiro atoms. The molecule has 2 aromatic rings. The zero-order chi connectivity index (χ0) is 23.4. The largest absolute Gasteiger partial charge is 0.507 e. The Kier molecular flexibility index (Phi) is 7.30. The average molecular weight is 441 g/mol. The minimum absolute atomic E-state index is 0.0111. The molecule has 170 valence electrons. The van der Waals surface area contributed by atoms with Crippen LogP contribution in [0.3, 0.4) is 0 Å². The summed E-state index contributed by atoms with van der Waals surface area (Å²) in [6, 6.07) is 11.6. The highest BCUT2D eigenvalue weighted by atomic mass is 19.1. The lowest BCUT2D eigenvalue weighted by Crippen LogP contribution is -2.32. The third-order valence-corrected chi connectivity index (χ3v) is 5.24. The van der Waals surface area contributed by atoms with Gasteiger partial charge in [-0.05, 0) is 71.2 Å². The zero-order valence-corrected chi connectivity index (χ0v) is 18.8. The second-order valence-electron chi connectivity index (χ2n) is 8.36. The quantitative estimate of drug-likeness (QED) is 0.382. The highest BCUT2D eigenvalue weighted by Gasteiger charge is 2.46. The molecule has 0 aromatic heterocycles. The van der Waals surface area contributed by atoms with Crippen LogP contribution in [0.5, 0.6) is 5.75 Å². The van der Waals surface area contributed by atoms with Gasteiger partial charge in [-0.15, -0.1) is 0 Å². The molecule has 1 fully saturated rings. The van der Waals surface area contributed by atoms with Crippen LogP contribution < -0.4 is 4.74 Å². The Balaban J connectivity index is 2.05. The van der Waals surface area contributed by atoms with E-state index in [2.05, 4.69) is 0 Å². The molecular formula is C25H29FN2O4. The molecule has 1 heterocycles. The first-order valence-electron chi connectivity index (χ1n) is 10.7. The first-order chi connectivity index (χ1) is 15.2. The Hall–Kier alpha value is -3.19. The van der Waals surface area contributed by atoms with Gasteiger partial charge in [0.05, 0.1) is 17.7 Å². The Morgan fingerprint density at radius 1 is 1.12 bits per heavy atom. The van der Waals surface area contributed by atoms with Crippen molar-refractivity contribution in [2.75, 3.05) is 27.2 Å². The number of aliphatic hydroxyl groups excluding tert-OH is 1. The molecule has 3 rings (SSSR count). The molecule has 7 heteroatoms. The summed E-state index contributed by atoms with van der Waals surface area (Å²) in [7, 11) is 3.82. The fourth-order valence-corrected chi connectivity index (χ4v) is 3.81. The van der Waals surface area contributed by atoms with E-state index in [1.54, 1.807) is 36.4 Å². The van der Waals surface area contributed by atoms with E-state index in [0.717, 1.165) is 0 Å². The van der Waals surface area contributed by atoms with Gasteiger partial charge < -0.3 is 19.6 Å². The summed E-state index contributed by atoms with van der Waals surface area (Å²) in [6.45, 7) is 4.77. The number of carbonyl (C=O) groups excluding carboxylic acids is 2. The Labute approximate surface area is 187 Å². The van der Waals surface area contributed by atoms with Gasteiger partial charge in [-0.3, -0.25) is 9.59 Å². The van der Waals surface area contributed by atoms with Gasteiger partial charge in [-0.2, -0.15) is 0 Å². The lowest BCUT2D eigenvalue weighted by Gasteiger charge is -2.26. The minimum Gasteiger partial charge on any atom is -0.507 e. The molecule has 1 unspecified atom stereocenters. The minimum atomic E-state index is -0.995. The van der Waals surface area contributed by atoms with Gasteiger partial charge in [0.1, 0.15) is 17.3 Å². The number of likely N-dealkylation sites (tertiary alicyclic amines) is 1. The number of rotatable bonds is 8. The van der Waals surface area contributed by atoms with Gasteiger partial charge in [-0.25, -0.2) is 4.39 Å². The second kappa shape index (κ2) is 9.96. The Morgan fingerprint density at radius 3 is 2.38 bits per heavy atom. The van der Waals surface area contributed by atoms with E-state index in [1.165, 1.54) is 17.0 Å². The maximum Gasteiger partial charge on any atom is 0.295 e. The highest BCUT2D eigenvalue weighted by Crippen LogP contribution is 2.40. The van der Waals surface area contributed by atoms with Crippen LogP contribution in [0.15, 0.2) is 54.1 Å². The van der Waals surface area contributed by atoms with Crippen LogP contribution >= 0.6 is 0 Å². The van der Waals surface area contributed by atoms with Gasteiger partial charge in [0.25, 0.3) is 11.7 Å². The summed E-state index contributed by atoms with van der Waals surface area (Å²) in [5.74, 6) is -1.81. The van der Waals surface area contributed by atoms with Gasteiger partial charge >= 0.3 is 0 Å². The van der Waals surface area contributed by atoms with E-state index >= 15 is 0 Å². The van der Waals surface area contributed by atoms with Crippen molar-refractivity contribution in [1.29, 1.82) is 0 Å². The third kappa shape index (κ3) is 4.99. The van der Waals surface area contributed by atoms with Crippen molar-refractivity contribution < 1.29 is 23.8 Å². The predicted molar refractivity (Wildman–Crippen MR) is 121 cm³/mol. The summed E-state index contributed by atoms with van der Waals surface area (Å²) in [5, 5.41) is 11.0. The summed E-state index contributed by atoms with van der Waals surface area (Å²) >= 11 is 0. The van der Waals surface area contributed by atoms with Gasteiger partial charge in [0.2, 0.25) is 0 Å². The van der Waals surface area contributed by atoms with Crippen molar-refractivity contribution in [1.82, 2.24) is 9.80 Å². The van der Waals surface area contributed by atoms with Crippen molar-refractivity contribution in [3.63, 3.8) is 0 Å². The van der Waals surface area contributed by atoms with E-state index in [-0.39, 0.29) is 29.5 Å². The maximum absolute atomic E-state index is 14.8. The molecule has 1 aliphatic heterocycles. The smallest absolute Gasteiger partial charge is 0.295 e. The predicted octanol–water partition coefficient (Wildman–Crippen LogP) is 3.99. The van der Waals surface area contributed by atoms with Gasteiger partial charge in [-0.1, -0.05) is 18.2 Å². The second-order valence-corrected chi connectivity index (χ2v) is 8.36. The molecule has 1 amide bonds. The summed E-state index contributed by atoms with van der Waals surface area (Å²) in [4.78, 5) is 29.2. The number of halogens is 1. The van der Waals surface area contributed by atoms with Gasteiger partial charge in [0.15, 0.2) is 0 Å². The summed E-state index contributed by atoms with van der Waals surface area (Å²) in [5.41, 5.74) is 0.425. The molecule has 32 heavy (non-hydrogen) atoms. The number of ether oxygens (including phenoxy) is 1. The van der Waals surface area contributed by atoms with Crippen molar-refractivity contribution in [2.24, 2.45) is 0 Å². The number of carbonyl (C=O) groups is 2. The van der Waals surface area contributed by atoms with Crippen LogP contribution in [0.2, 0.25) is 0 Å². The molecular weight excluding hydrogens is 411 g/mol. The summed E-state index contributed by atoms with van der Waals surface area (Å²) in [6.07, 6.45) is 0.592. The molecule has 1 N–H and O–H groups in total. The van der Waals surface area contributed by atoms with Crippen molar-refractivity contribution >= 4 is 17.4 Å². The standard InChI is InChI=1S/C25H29FN2O4/c1-16(2)32-18-12-10-17(11-13-18)23(29)21-22(19-8-5-6-9-20(19)26)28(25(31)24(21)30)15-7-14-27(3)4/h5-6,8-13,16,22,29H,7,14-15H2,1-4H3/b23-21-. The Bertz CT molecular complexity index is 1010. The molecule has 1 saturated heterocycles. The molecule has 0 aliphatic carbocycles. The van der Waals surface area contributed by atoms with Crippen LogP contribution in [0.1, 0.15) is 37.4 Å². The highest BCUT2D eigenvalue weighted by molar-refractivity contribution is 6.46. The van der Waals surface area contributed by atoms with Crippen LogP contribution in [0, 0.1) is 5.82 Å². The fourth-order valence-electron chi connectivity index (χ4n) is 3.81. The van der Waals surface area contributed by atoms with Crippen LogP contribution in [-0.2, 0) is 9.59 Å². The maximum atomic E-state index is 14.8. The lowest BCUT2D eigenvalue weighted by molar-refractivity contribution is -0.140. The van der Waals surface area contributed by atoms with E-state index in [4.69, 9.17) is 4.74 Å². The first kappa shape index (κ1) is 23.5. The number of amides is 1. The number of nitrogens with zero attached hydrogens (tertiary/aromatic N) is 2. The number of hydrogen-bond donors (Lipinski definition) is 1. The first-order valence-corrected chi connectivity index (χ1v) is 10.7. The van der Waals surface area contributed by atoms with Crippen LogP contribution in [-0.4, -0.2) is 59.9 Å². The number of benzene rings is 2. The monoisotopic (exact) mass is 440 g/mol. The molecule has 1 atom stereocenters. The van der Waals surface area contributed by atoms with E-state index in [1.807, 2.05) is 32.8 Å². The topological polar surface area (TPSA) is 70.1 Å². The normalized spacial score (nSPS) is 18.1. The molecule has 0 saturated carbocycles. The zero-order valence-electron chi connectivity index (χ0n) is 18.8. The average Bonchev–Trinajstić information content (AvgIpc) is 2.98.